The largest absolute Gasteiger partial charge is 0.482 e. The summed E-state index contributed by atoms with van der Waals surface area (Å²) in [6.07, 6.45) is 0. The summed E-state index contributed by atoms with van der Waals surface area (Å²) in [6.45, 7) is 5.70. The van der Waals surface area contributed by atoms with Gasteiger partial charge in [-0.05, 0) is 49.6 Å². The minimum Gasteiger partial charge on any atom is -0.482 e. The van der Waals surface area contributed by atoms with Crippen LogP contribution in [0.2, 0.25) is 0 Å². The van der Waals surface area contributed by atoms with E-state index in [1.54, 1.807) is 0 Å². The number of benzene rings is 2. The zero-order chi connectivity index (χ0) is 14.5. The van der Waals surface area contributed by atoms with Crippen LogP contribution in [0.1, 0.15) is 16.7 Å². The van der Waals surface area contributed by atoms with E-state index in [0.717, 1.165) is 16.7 Å². The zero-order valence-electron chi connectivity index (χ0n) is 12.0. The molecular formula is C17H18O3. The van der Waals surface area contributed by atoms with Crippen LogP contribution in [0.25, 0.3) is 0 Å². The molecule has 0 saturated carbocycles. The summed E-state index contributed by atoms with van der Waals surface area (Å²) in [7, 11) is 0. The third kappa shape index (κ3) is 3.60. The maximum atomic E-state index is 11.8. The fourth-order valence-corrected chi connectivity index (χ4v) is 1.95. The topological polar surface area (TPSA) is 35.5 Å². The second-order valence-corrected chi connectivity index (χ2v) is 4.80. The van der Waals surface area contributed by atoms with E-state index in [9.17, 15) is 4.79 Å². The molecular weight excluding hydrogens is 252 g/mol. The van der Waals surface area contributed by atoms with Crippen molar-refractivity contribution >= 4 is 5.97 Å². The van der Waals surface area contributed by atoms with Crippen molar-refractivity contribution in [3.05, 3.63) is 59.2 Å². The molecule has 3 heteroatoms. The van der Waals surface area contributed by atoms with Gasteiger partial charge in [0.25, 0.3) is 0 Å². The van der Waals surface area contributed by atoms with Crippen molar-refractivity contribution in [2.75, 3.05) is 6.61 Å². The van der Waals surface area contributed by atoms with Crippen LogP contribution in [0.5, 0.6) is 11.5 Å². The van der Waals surface area contributed by atoms with E-state index in [4.69, 9.17) is 9.47 Å². The summed E-state index contributed by atoms with van der Waals surface area (Å²) in [5, 5.41) is 0. The van der Waals surface area contributed by atoms with Crippen LogP contribution >= 0.6 is 0 Å². The number of hydrogen-bond acceptors (Lipinski definition) is 3. The fraction of sp³-hybridized carbons (Fsp3) is 0.235. The molecule has 20 heavy (non-hydrogen) atoms. The lowest BCUT2D eigenvalue weighted by Crippen LogP contribution is -2.18. The smallest absolute Gasteiger partial charge is 0.349 e. The Kier molecular flexibility index (Phi) is 4.41. The molecule has 0 aliphatic heterocycles. The van der Waals surface area contributed by atoms with Crippen LogP contribution in [0.4, 0.5) is 0 Å². The normalized spacial score (nSPS) is 10.2. The molecule has 3 nitrogen and oxygen atoms in total. The lowest BCUT2D eigenvalue weighted by atomic mass is 10.1. The molecule has 2 rings (SSSR count). The van der Waals surface area contributed by atoms with E-state index in [-0.39, 0.29) is 6.61 Å². The first-order chi connectivity index (χ1) is 9.56. The minimum atomic E-state index is -0.399. The summed E-state index contributed by atoms with van der Waals surface area (Å²) in [6, 6.07) is 13.3. The monoisotopic (exact) mass is 270 g/mol. The predicted molar refractivity (Wildman–Crippen MR) is 78.2 cm³/mol. The van der Waals surface area contributed by atoms with Gasteiger partial charge >= 0.3 is 5.97 Å². The Bertz CT molecular complexity index is 597. The predicted octanol–water partition coefficient (Wildman–Crippen LogP) is 3.60. The van der Waals surface area contributed by atoms with Gasteiger partial charge in [-0.25, -0.2) is 4.79 Å². The van der Waals surface area contributed by atoms with Crippen molar-refractivity contribution in [2.45, 2.75) is 20.8 Å². The van der Waals surface area contributed by atoms with Gasteiger partial charge in [0, 0.05) is 0 Å². The fourth-order valence-electron chi connectivity index (χ4n) is 1.95. The highest BCUT2D eigenvalue weighted by molar-refractivity contribution is 5.74. The van der Waals surface area contributed by atoms with Crippen LogP contribution in [-0.4, -0.2) is 12.6 Å². The Morgan fingerprint density at radius 3 is 2.30 bits per heavy atom. The average molecular weight is 270 g/mol. The number of hydrogen-bond donors (Lipinski definition) is 0. The number of ether oxygens (including phenoxy) is 2. The highest BCUT2D eigenvalue weighted by Gasteiger charge is 2.10. The molecule has 2 aromatic carbocycles. The third-order valence-corrected chi connectivity index (χ3v) is 2.97. The van der Waals surface area contributed by atoms with Crippen molar-refractivity contribution in [3.63, 3.8) is 0 Å². The van der Waals surface area contributed by atoms with Crippen molar-refractivity contribution in [2.24, 2.45) is 0 Å². The highest BCUT2D eigenvalue weighted by atomic mass is 16.6. The van der Waals surface area contributed by atoms with E-state index in [0.29, 0.717) is 11.5 Å². The van der Waals surface area contributed by atoms with Crippen molar-refractivity contribution in [1.82, 2.24) is 0 Å². The highest BCUT2D eigenvalue weighted by Crippen LogP contribution is 2.22. The Morgan fingerprint density at radius 2 is 1.65 bits per heavy atom. The Hall–Kier alpha value is -2.29. The quantitative estimate of drug-likeness (QED) is 0.629. The molecule has 104 valence electrons. The first-order valence-electron chi connectivity index (χ1n) is 6.52. The first kappa shape index (κ1) is 14.1. The van der Waals surface area contributed by atoms with Crippen LogP contribution in [0.15, 0.2) is 42.5 Å². The van der Waals surface area contributed by atoms with Crippen molar-refractivity contribution in [1.29, 1.82) is 0 Å². The summed E-state index contributed by atoms with van der Waals surface area (Å²) in [5.74, 6) is 0.887. The van der Waals surface area contributed by atoms with Crippen molar-refractivity contribution in [3.8, 4) is 11.5 Å². The summed E-state index contributed by atoms with van der Waals surface area (Å²) in [4.78, 5) is 11.8. The molecule has 2 aromatic rings. The average Bonchev–Trinajstić information content (AvgIpc) is 2.41. The van der Waals surface area contributed by atoms with Crippen LogP contribution < -0.4 is 9.47 Å². The van der Waals surface area contributed by atoms with E-state index >= 15 is 0 Å². The Balaban J connectivity index is 1.96. The number of rotatable bonds is 4. The second-order valence-electron chi connectivity index (χ2n) is 4.80. The maximum Gasteiger partial charge on any atom is 0.349 e. The van der Waals surface area contributed by atoms with Crippen LogP contribution in [-0.2, 0) is 4.79 Å². The molecule has 0 atom stereocenters. The summed E-state index contributed by atoms with van der Waals surface area (Å²) >= 11 is 0. The van der Waals surface area contributed by atoms with Gasteiger partial charge in [0.2, 0.25) is 0 Å². The van der Waals surface area contributed by atoms with Crippen LogP contribution in [0.3, 0.4) is 0 Å². The molecule has 0 bridgehead atoms. The van der Waals surface area contributed by atoms with Gasteiger partial charge in [-0.3, -0.25) is 0 Å². The molecule has 0 unspecified atom stereocenters. The second kappa shape index (κ2) is 6.24. The minimum absolute atomic E-state index is 0.1000. The van der Waals surface area contributed by atoms with E-state index in [2.05, 4.69) is 0 Å². The van der Waals surface area contributed by atoms with Crippen molar-refractivity contribution < 1.29 is 14.3 Å². The number of aryl methyl sites for hydroxylation is 3. The van der Waals surface area contributed by atoms with Gasteiger partial charge in [-0.15, -0.1) is 0 Å². The van der Waals surface area contributed by atoms with Gasteiger partial charge in [0.05, 0.1) is 0 Å². The molecule has 0 aliphatic carbocycles. The van der Waals surface area contributed by atoms with Gasteiger partial charge in [-0.1, -0.05) is 30.3 Å². The molecule has 0 heterocycles. The lowest BCUT2D eigenvalue weighted by Gasteiger charge is -2.11. The molecule has 0 amide bonds. The number of esters is 1. The molecule has 0 N–H and O–H groups in total. The standard InChI is InChI=1S/C17H18O3/c1-12-6-4-9-15(10-12)19-11-16(18)20-17-13(2)7-5-8-14(17)3/h4-10H,11H2,1-3H3. The molecule has 0 aromatic heterocycles. The van der Waals surface area contributed by atoms with E-state index in [1.165, 1.54) is 0 Å². The van der Waals surface area contributed by atoms with Crippen LogP contribution in [0, 0.1) is 20.8 Å². The number of carbonyl (C=O) groups excluding carboxylic acids is 1. The summed E-state index contributed by atoms with van der Waals surface area (Å²) < 4.78 is 10.8. The zero-order valence-corrected chi connectivity index (χ0v) is 12.0. The first-order valence-corrected chi connectivity index (χ1v) is 6.52. The van der Waals surface area contributed by atoms with Gasteiger partial charge in [-0.2, -0.15) is 0 Å². The molecule has 0 saturated heterocycles. The van der Waals surface area contributed by atoms with Gasteiger partial charge in [0.15, 0.2) is 6.61 Å². The maximum absolute atomic E-state index is 11.8. The van der Waals surface area contributed by atoms with Gasteiger partial charge in [0.1, 0.15) is 11.5 Å². The number of para-hydroxylation sites is 1. The molecule has 0 spiro atoms. The molecule has 0 aliphatic rings. The Labute approximate surface area is 119 Å². The Morgan fingerprint density at radius 1 is 1.00 bits per heavy atom. The molecule has 0 radical (unpaired) electrons. The third-order valence-electron chi connectivity index (χ3n) is 2.97. The van der Waals surface area contributed by atoms with E-state index in [1.807, 2.05) is 63.2 Å². The van der Waals surface area contributed by atoms with E-state index < -0.39 is 5.97 Å². The van der Waals surface area contributed by atoms with Gasteiger partial charge < -0.3 is 9.47 Å². The summed E-state index contributed by atoms with van der Waals surface area (Å²) in [5.41, 5.74) is 2.97. The molecule has 0 fully saturated rings. The lowest BCUT2D eigenvalue weighted by molar-refractivity contribution is -0.136. The SMILES string of the molecule is Cc1cccc(OCC(=O)Oc2c(C)cccc2C)c1. The number of carbonyl (C=O) groups is 1.